The molecule has 1 fully saturated rings. The third kappa shape index (κ3) is 5.34. The number of piperidine rings is 1. The van der Waals surface area contributed by atoms with Gasteiger partial charge in [-0.05, 0) is 44.7 Å². The number of hydrogen-bond donors (Lipinski definition) is 1. The minimum atomic E-state index is -0.230. The molecule has 1 aliphatic heterocycles. The molecule has 1 saturated heterocycles. The van der Waals surface area contributed by atoms with E-state index in [1.54, 1.807) is 18.0 Å². The predicted molar refractivity (Wildman–Crippen MR) is 109 cm³/mol. The molecular weight excluding hydrogens is 370 g/mol. The van der Waals surface area contributed by atoms with Gasteiger partial charge in [-0.3, -0.25) is 9.59 Å². The number of ether oxygens (including phenoxy) is 1. The number of benzene rings is 1. The normalized spacial score (nSPS) is 16.7. The molecule has 2 heterocycles. The number of likely N-dealkylation sites (tertiary alicyclic amines) is 1. The summed E-state index contributed by atoms with van der Waals surface area (Å²) >= 11 is 0. The third-order valence-corrected chi connectivity index (χ3v) is 5.09. The fourth-order valence-electron chi connectivity index (χ4n) is 3.60. The van der Waals surface area contributed by atoms with Gasteiger partial charge in [-0.15, -0.1) is 5.10 Å². The lowest BCUT2D eigenvalue weighted by Gasteiger charge is -2.32. The number of methoxy groups -OCH3 is 1. The average Bonchev–Trinajstić information content (AvgIpc) is 3.22. The van der Waals surface area contributed by atoms with E-state index in [4.69, 9.17) is 4.74 Å². The fraction of sp³-hybridized carbons (Fsp3) is 0.524. The number of aromatic nitrogens is 3. The minimum absolute atomic E-state index is 0.0343. The Bertz CT molecular complexity index is 848. The number of aryl methyl sites for hydroxylation is 1. The quantitative estimate of drug-likeness (QED) is 0.771. The Labute approximate surface area is 171 Å². The Morgan fingerprint density at radius 2 is 2.10 bits per heavy atom. The number of amides is 2. The van der Waals surface area contributed by atoms with Crippen molar-refractivity contribution in [2.45, 2.75) is 51.6 Å². The van der Waals surface area contributed by atoms with E-state index in [-0.39, 0.29) is 23.9 Å². The van der Waals surface area contributed by atoms with Gasteiger partial charge in [0, 0.05) is 25.6 Å². The van der Waals surface area contributed by atoms with E-state index < -0.39 is 0 Å². The van der Waals surface area contributed by atoms with Crippen LogP contribution in [-0.2, 0) is 11.2 Å². The van der Waals surface area contributed by atoms with Crippen LogP contribution in [0.25, 0.3) is 0 Å². The molecule has 0 spiro atoms. The number of hydrogen-bond acceptors (Lipinski definition) is 5. The second-order valence-corrected chi connectivity index (χ2v) is 7.66. The van der Waals surface area contributed by atoms with E-state index in [0.29, 0.717) is 25.1 Å². The standard InChI is InChI=1S/C21H29N5O3/c1-15(2)22-21(28)18-14-26(24-23-18)17-8-6-12-25(13-17)20(27)11-10-16-7-4-5-9-19(16)29-3/h4-5,7,9,14-15,17H,6,8,10-13H2,1-3H3,(H,22,28)/t17-/m1/s1. The second kappa shape index (κ2) is 9.54. The van der Waals surface area contributed by atoms with Crippen molar-refractivity contribution in [3.05, 3.63) is 41.7 Å². The maximum absolute atomic E-state index is 12.8. The summed E-state index contributed by atoms with van der Waals surface area (Å²) in [5.41, 5.74) is 1.34. The van der Waals surface area contributed by atoms with E-state index >= 15 is 0 Å². The number of carbonyl (C=O) groups excluding carboxylic acids is 2. The summed E-state index contributed by atoms with van der Waals surface area (Å²) in [4.78, 5) is 26.7. The molecule has 3 rings (SSSR count). The second-order valence-electron chi connectivity index (χ2n) is 7.66. The van der Waals surface area contributed by atoms with Gasteiger partial charge < -0.3 is 15.0 Å². The molecule has 8 heteroatoms. The molecule has 2 amide bonds. The molecule has 1 aliphatic rings. The van der Waals surface area contributed by atoms with Crippen LogP contribution in [0.4, 0.5) is 0 Å². The molecule has 0 bridgehead atoms. The maximum Gasteiger partial charge on any atom is 0.273 e. The van der Waals surface area contributed by atoms with Crippen LogP contribution < -0.4 is 10.1 Å². The minimum Gasteiger partial charge on any atom is -0.496 e. The van der Waals surface area contributed by atoms with Crippen molar-refractivity contribution in [3.8, 4) is 5.75 Å². The van der Waals surface area contributed by atoms with Crippen molar-refractivity contribution in [3.63, 3.8) is 0 Å². The zero-order valence-corrected chi connectivity index (χ0v) is 17.3. The molecule has 0 unspecified atom stereocenters. The van der Waals surface area contributed by atoms with Crippen LogP contribution in [0.5, 0.6) is 5.75 Å². The lowest BCUT2D eigenvalue weighted by molar-refractivity contribution is -0.132. The first-order valence-corrected chi connectivity index (χ1v) is 10.1. The Morgan fingerprint density at radius 1 is 1.31 bits per heavy atom. The van der Waals surface area contributed by atoms with Gasteiger partial charge >= 0.3 is 0 Å². The summed E-state index contributed by atoms with van der Waals surface area (Å²) in [5.74, 6) is 0.705. The van der Waals surface area contributed by atoms with E-state index in [1.165, 1.54) is 0 Å². The third-order valence-electron chi connectivity index (χ3n) is 5.09. The Balaban J connectivity index is 1.58. The van der Waals surface area contributed by atoms with Gasteiger partial charge in [0.15, 0.2) is 5.69 Å². The average molecular weight is 399 g/mol. The van der Waals surface area contributed by atoms with Gasteiger partial charge in [-0.1, -0.05) is 23.4 Å². The lowest BCUT2D eigenvalue weighted by Crippen LogP contribution is -2.41. The summed E-state index contributed by atoms with van der Waals surface area (Å²) in [7, 11) is 1.64. The van der Waals surface area contributed by atoms with Gasteiger partial charge in [0.1, 0.15) is 5.75 Å². The zero-order valence-electron chi connectivity index (χ0n) is 17.3. The van der Waals surface area contributed by atoms with Crippen LogP contribution in [0.15, 0.2) is 30.5 Å². The van der Waals surface area contributed by atoms with Gasteiger partial charge in [0.05, 0.1) is 19.3 Å². The van der Waals surface area contributed by atoms with Gasteiger partial charge in [-0.2, -0.15) is 0 Å². The monoisotopic (exact) mass is 399 g/mol. The van der Waals surface area contributed by atoms with Crippen molar-refractivity contribution in [2.24, 2.45) is 0 Å². The number of carbonyl (C=O) groups is 2. The van der Waals surface area contributed by atoms with Crippen molar-refractivity contribution < 1.29 is 14.3 Å². The molecule has 1 aromatic carbocycles. The first-order valence-electron chi connectivity index (χ1n) is 10.1. The van der Waals surface area contributed by atoms with Crippen LogP contribution in [0.2, 0.25) is 0 Å². The summed E-state index contributed by atoms with van der Waals surface area (Å²) in [6.45, 7) is 5.13. The highest BCUT2D eigenvalue weighted by atomic mass is 16.5. The van der Waals surface area contributed by atoms with Crippen LogP contribution >= 0.6 is 0 Å². The Morgan fingerprint density at radius 3 is 2.86 bits per heavy atom. The van der Waals surface area contributed by atoms with E-state index in [9.17, 15) is 9.59 Å². The highest BCUT2D eigenvalue weighted by Gasteiger charge is 2.26. The molecular formula is C21H29N5O3. The maximum atomic E-state index is 12.8. The number of para-hydroxylation sites is 1. The Kier molecular flexibility index (Phi) is 6.85. The lowest BCUT2D eigenvalue weighted by atomic mass is 10.0. The molecule has 0 saturated carbocycles. The van der Waals surface area contributed by atoms with Crippen LogP contribution in [0.3, 0.4) is 0 Å². The highest BCUT2D eigenvalue weighted by molar-refractivity contribution is 5.92. The Hall–Kier alpha value is -2.90. The van der Waals surface area contributed by atoms with E-state index in [2.05, 4.69) is 15.6 Å². The van der Waals surface area contributed by atoms with Gasteiger partial charge in [-0.25, -0.2) is 4.68 Å². The van der Waals surface area contributed by atoms with Gasteiger partial charge in [0.25, 0.3) is 5.91 Å². The van der Waals surface area contributed by atoms with Crippen LogP contribution in [0.1, 0.15) is 55.2 Å². The number of rotatable bonds is 7. The molecule has 2 aromatic rings. The van der Waals surface area contributed by atoms with E-state index in [0.717, 1.165) is 30.7 Å². The number of nitrogens with one attached hydrogen (secondary N) is 1. The first-order chi connectivity index (χ1) is 14.0. The zero-order chi connectivity index (χ0) is 20.8. The molecule has 0 aliphatic carbocycles. The fourth-order valence-corrected chi connectivity index (χ4v) is 3.60. The summed E-state index contributed by atoms with van der Waals surface area (Å²) in [6.07, 6.45) is 4.56. The van der Waals surface area contributed by atoms with Crippen molar-refractivity contribution in [2.75, 3.05) is 20.2 Å². The SMILES string of the molecule is COc1ccccc1CCC(=O)N1CCC[C@@H](n2cc(C(=O)NC(C)C)nn2)C1. The highest BCUT2D eigenvalue weighted by Crippen LogP contribution is 2.23. The number of nitrogens with zero attached hydrogens (tertiary/aromatic N) is 4. The summed E-state index contributed by atoms with van der Waals surface area (Å²) in [6, 6.07) is 7.86. The first kappa shape index (κ1) is 20.8. The molecule has 1 atom stereocenters. The largest absolute Gasteiger partial charge is 0.496 e. The molecule has 8 nitrogen and oxygen atoms in total. The molecule has 1 aromatic heterocycles. The summed E-state index contributed by atoms with van der Waals surface area (Å²) in [5, 5.41) is 10.9. The van der Waals surface area contributed by atoms with Gasteiger partial charge in [0.2, 0.25) is 5.91 Å². The summed E-state index contributed by atoms with van der Waals surface area (Å²) < 4.78 is 7.08. The molecule has 0 radical (unpaired) electrons. The van der Waals surface area contributed by atoms with Crippen LogP contribution in [0, 0.1) is 0 Å². The van der Waals surface area contributed by atoms with Crippen molar-refractivity contribution in [1.82, 2.24) is 25.2 Å². The van der Waals surface area contributed by atoms with Crippen molar-refractivity contribution in [1.29, 1.82) is 0 Å². The van der Waals surface area contributed by atoms with Crippen molar-refractivity contribution >= 4 is 11.8 Å². The smallest absolute Gasteiger partial charge is 0.273 e. The molecule has 1 N–H and O–H groups in total. The molecule has 156 valence electrons. The topological polar surface area (TPSA) is 89.4 Å². The molecule has 29 heavy (non-hydrogen) atoms. The predicted octanol–water partition coefficient (Wildman–Crippen LogP) is 2.22. The van der Waals surface area contributed by atoms with E-state index in [1.807, 2.05) is 43.0 Å². The van der Waals surface area contributed by atoms with Crippen LogP contribution in [-0.4, -0.2) is 57.9 Å².